The van der Waals surface area contributed by atoms with Crippen molar-refractivity contribution in [1.29, 1.82) is 0 Å². The standard InChI is InChI=1S/C12H22BrN3O/c1-7(2)9(5-14)12(17)11-10(13)6-15-16(11)8(3)4/h6-9,12,17H,5,14H2,1-4H3. The molecule has 5 heteroatoms. The average Bonchev–Trinajstić information content (AvgIpc) is 2.60. The van der Waals surface area contributed by atoms with E-state index in [4.69, 9.17) is 5.73 Å². The molecular weight excluding hydrogens is 282 g/mol. The maximum atomic E-state index is 10.5. The first-order valence-electron chi connectivity index (χ1n) is 6.01. The van der Waals surface area contributed by atoms with Crippen LogP contribution in [0.2, 0.25) is 0 Å². The van der Waals surface area contributed by atoms with Crippen molar-refractivity contribution >= 4 is 15.9 Å². The highest BCUT2D eigenvalue weighted by Crippen LogP contribution is 2.33. The highest BCUT2D eigenvalue weighted by molar-refractivity contribution is 9.10. The monoisotopic (exact) mass is 303 g/mol. The van der Waals surface area contributed by atoms with Gasteiger partial charge in [0.2, 0.25) is 0 Å². The summed E-state index contributed by atoms with van der Waals surface area (Å²) in [6.07, 6.45) is 1.14. The third kappa shape index (κ3) is 3.09. The highest BCUT2D eigenvalue weighted by Gasteiger charge is 2.28. The molecule has 1 heterocycles. The van der Waals surface area contributed by atoms with Gasteiger partial charge in [-0.3, -0.25) is 4.68 Å². The Bertz CT molecular complexity index is 363. The summed E-state index contributed by atoms with van der Waals surface area (Å²) in [5, 5.41) is 14.8. The zero-order valence-corrected chi connectivity index (χ0v) is 12.5. The Morgan fingerprint density at radius 3 is 2.41 bits per heavy atom. The molecular formula is C12H22BrN3O. The number of hydrogen-bond acceptors (Lipinski definition) is 3. The van der Waals surface area contributed by atoms with Gasteiger partial charge < -0.3 is 10.8 Å². The van der Waals surface area contributed by atoms with E-state index in [1.165, 1.54) is 0 Å². The molecule has 0 aliphatic rings. The van der Waals surface area contributed by atoms with Gasteiger partial charge in [-0.1, -0.05) is 13.8 Å². The topological polar surface area (TPSA) is 64.1 Å². The van der Waals surface area contributed by atoms with E-state index in [1.807, 2.05) is 18.5 Å². The van der Waals surface area contributed by atoms with E-state index in [2.05, 4.69) is 34.9 Å². The predicted molar refractivity (Wildman–Crippen MR) is 72.7 cm³/mol. The molecule has 2 atom stereocenters. The summed E-state index contributed by atoms with van der Waals surface area (Å²) < 4.78 is 2.69. The average molecular weight is 304 g/mol. The lowest BCUT2D eigenvalue weighted by molar-refractivity contribution is 0.0760. The van der Waals surface area contributed by atoms with Gasteiger partial charge in [-0.05, 0) is 42.2 Å². The molecule has 0 fully saturated rings. The SMILES string of the molecule is CC(C)C(CN)C(O)c1c(Br)cnn1C(C)C. The molecule has 0 saturated heterocycles. The molecule has 0 aliphatic heterocycles. The van der Waals surface area contributed by atoms with Crippen LogP contribution in [0.5, 0.6) is 0 Å². The van der Waals surface area contributed by atoms with Gasteiger partial charge in [-0.25, -0.2) is 0 Å². The van der Waals surface area contributed by atoms with Gasteiger partial charge in [0.05, 0.1) is 16.4 Å². The maximum absolute atomic E-state index is 10.5. The van der Waals surface area contributed by atoms with Crippen LogP contribution in [0.4, 0.5) is 0 Å². The molecule has 1 rings (SSSR count). The van der Waals surface area contributed by atoms with E-state index in [0.29, 0.717) is 12.5 Å². The lowest BCUT2D eigenvalue weighted by Gasteiger charge is -2.26. The number of aromatic nitrogens is 2. The van der Waals surface area contributed by atoms with Crippen molar-refractivity contribution in [1.82, 2.24) is 9.78 Å². The third-order valence-electron chi connectivity index (χ3n) is 3.09. The van der Waals surface area contributed by atoms with Crippen molar-refractivity contribution in [2.24, 2.45) is 17.6 Å². The molecule has 98 valence electrons. The van der Waals surface area contributed by atoms with Crippen molar-refractivity contribution in [2.75, 3.05) is 6.54 Å². The number of aliphatic hydroxyl groups is 1. The lowest BCUT2D eigenvalue weighted by Crippen LogP contribution is -2.28. The minimum atomic E-state index is -0.584. The van der Waals surface area contributed by atoms with Crippen LogP contribution < -0.4 is 5.73 Å². The Balaban J connectivity index is 3.09. The van der Waals surface area contributed by atoms with Crippen molar-refractivity contribution in [3.05, 3.63) is 16.4 Å². The van der Waals surface area contributed by atoms with E-state index >= 15 is 0 Å². The number of nitrogens with two attached hydrogens (primary N) is 1. The summed E-state index contributed by atoms with van der Waals surface area (Å²) >= 11 is 3.45. The third-order valence-corrected chi connectivity index (χ3v) is 3.70. The van der Waals surface area contributed by atoms with Crippen LogP contribution in [0.25, 0.3) is 0 Å². The first kappa shape index (κ1) is 14.7. The molecule has 3 N–H and O–H groups in total. The van der Waals surface area contributed by atoms with Crippen molar-refractivity contribution in [3.8, 4) is 0 Å². The summed E-state index contributed by atoms with van der Waals surface area (Å²) in [6, 6.07) is 0.219. The Labute approximate surface area is 111 Å². The van der Waals surface area contributed by atoms with Crippen LogP contribution in [0, 0.1) is 11.8 Å². The second-order valence-electron chi connectivity index (χ2n) is 5.00. The second-order valence-corrected chi connectivity index (χ2v) is 5.86. The summed E-state index contributed by atoms with van der Waals surface area (Å²) in [4.78, 5) is 0. The fourth-order valence-electron chi connectivity index (χ4n) is 2.01. The Morgan fingerprint density at radius 2 is 2.00 bits per heavy atom. The molecule has 0 bridgehead atoms. The normalized spacial score (nSPS) is 15.6. The quantitative estimate of drug-likeness (QED) is 0.878. The molecule has 0 amide bonds. The van der Waals surface area contributed by atoms with E-state index in [1.54, 1.807) is 6.20 Å². The molecule has 2 unspecified atom stereocenters. The Hall–Kier alpha value is -0.390. The van der Waals surface area contributed by atoms with Gasteiger partial charge in [-0.15, -0.1) is 0 Å². The van der Waals surface area contributed by atoms with E-state index in [-0.39, 0.29) is 12.0 Å². The smallest absolute Gasteiger partial charge is 0.101 e. The first-order valence-corrected chi connectivity index (χ1v) is 6.80. The maximum Gasteiger partial charge on any atom is 0.101 e. The molecule has 0 aliphatic carbocycles. The molecule has 0 saturated carbocycles. The zero-order chi connectivity index (χ0) is 13.2. The summed E-state index contributed by atoms with van der Waals surface area (Å²) in [7, 11) is 0. The first-order chi connectivity index (χ1) is 7.90. The number of rotatable bonds is 5. The van der Waals surface area contributed by atoms with Crippen LogP contribution >= 0.6 is 15.9 Å². The van der Waals surface area contributed by atoms with E-state index < -0.39 is 6.10 Å². The van der Waals surface area contributed by atoms with Gasteiger partial charge >= 0.3 is 0 Å². The van der Waals surface area contributed by atoms with Gasteiger partial charge in [0.15, 0.2) is 0 Å². The molecule has 1 aromatic rings. The molecule has 1 aromatic heterocycles. The van der Waals surface area contributed by atoms with Gasteiger partial charge in [0.1, 0.15) is 6.10 Å². The van der Waals surface area contributed by atoms with E-state index in [9.17, 15) is 5.11 Å². The fourth-order valence-corrected chi connectivity index (χ4v) is 2.52. The predicted octanol–water partition coefficient (Wildman–Crippen LogP) is 2.49. The van der Waals surface area contributed by atoms with Crippen molar-refractivity contribution < 1.29 is 5.11 Å². The van der Waals surface area contributed by atoms with Crippen LogP contribution in [-0.4, -0.2) is 21.4 Å². The van der Waals surface area contributed by atoms with Gasteiger partial charge in [0.25, 0.3) is 0 Å². The molecule has 4 nitrogen and oxygen atoms in total. The fraction of sp³-hybridized carbons (Fsp3) is 0.750. The van der Waals surface area contributed by atoms with Crippen molar-refractivity contribution in [3.63, 3.8) is 0 Å². The number of aliphatic hydroxyl groups excluding tert-OH is 1. The number of halogens is 1. The zero-order valence-electron chi connectivity index (χ0n) is 10.9. The van der Waals surface area contributed by atoms with Gasteiger partial charge in [-0.2, -0.15) is 5.10 Å². The van der Waals surface area contributed by atoms with Crippen molar-refractivity contribution in [2.45, 2.75) is 39.8 Å². The molecule has 17 heavy (non-hydrogen) atoms. The molecule has 0 aromatic carbocycles. The Morgan fingerprint density at radius 1 is 1.41 bits per heavy atom. The largest absolute Gasteiger partial charge is 0.386 e. The Kier molecular flexibility index (Phi) is 5.16. The molecule has 0 radical (unpaired) electrons. The second kappa shape index (κ2) is 5.98. The summed E-state index contributed by atoms with van der Waals surface area (Å²) in [5.74, 6) is 0.373. The van der Waals surface area contributed by atoms with Crippen LogP contribution in [0.3, 0.4) is 0 Å². The highest BCUT2D eigenvalue weighted by atomic mass is 79.9. The lowest BCUT2D eigenvalue weighted by atomic mass is 9.88. The van der Waals surface area contributed by atoms with Crippen LogP contribution in [0.15, 0.2) is 10.7 Å². The number of nitrogens with zero attached hydrogens (tertiary/aromatic N) is 2. The minimum Gasteiger partial charge on any atom is -0.386 e. The minimum absolute atomic E-state index is 0.0421. The summed E-state index contributed by atoms with van der Waals surface area (Å²) in [5.41, 5.74) is 6.58. The summed E-state index contributed by atoms with van der Waals surface area (Å²) in [6.45, 7) is 8.70. The number of hydrogen-bond donors (Lipinski definition) is 2. The van der Waals surface area contributed by atoms with Crippen LogP contribution in [-0.2, 0) is 0 Å². The van der Waals surface area contributed by atoms with Gasteiger partial charge in [0, 0.05) is 12.0 Å². The van der Waals surface area contributed by atoms with E-state index in [0.717, 1.165) is 10.2 Å². The molecule has 0 spiro atoms. The van der Waals surface area contributed by atoms with Crippen LogP contribution in [0.1, 0.15) is 45.5 Å².